The van der Waals surface area contributed by atoms with Crippen molar-refractivity contribution in [3.63, 3.8) is 0 Å². The van der Waals surface area contributed by atoms with E-state index in [2.05, 4.69) is 70.0 Å². The second-order valence-corrected chi connectivity index (χ2v) is 34.1. The number of pyridine rings is 1. The van der Waals surface area contributed by atoms with E-state index >= 15 is 0 Å². The number of hydrogen-bond donors (Lipinski definition) is 3. The Morgan fingerprint density at radius 2 is 0.782 bits per heavy atom. The number of ether oxygens (including phenoxy) is 7. The summed E-state index contributed by atoms with van der Waals surface area (Å²) in [6.45, 7) is 25.7. The van der Waals surface area contributed by atoms with Crippen LogP contribution in [-0.4, -0.2) is 191 Å². The molecule has 0 saturated carbocycles. The second-order valence-electron chi connectivity index (χ2n) is 33.0. The third-order valence-electron chi connectivity index (χ3n) is 26.8. The third kappa shape index (κ3) is 15.8. The molecule has 7 aromatic rings. The molecule has 23 nitrogen and oxygen atoms in total. The number of carboxylic acids is 1. The molecule has 4 amide bonds. The predicted molar refractivity (Wildman–Crippen MR) is 467 cm³/mol. The van der Waals surface area contributed by atoms with E-state index in [1.165, 1.54) is 7.11 Å². The number of carbonyl (C=O) groups is 6. The number of hydrogen-bond acceptors (Lipinski definition) is 17. The molecule has 3 N–H and O–H groups in total. The summed E-state index contributed by atoms with van der Waals surface area (Å²) in [4.78, 5) is 107. The zero-order valence-corrected chi connectivity index (χ0v) is 72.8. The summed E-state index contributed by atoms with van der Waals surface area (Å²) in [6.07, 6.45) is 9.42. The molecule has 16 rings (SSSR count). The number of aromatic carboxylic acids is 1. The Morgan fingerprint density at radius 3 is 1.10 bits per heavy atom. The first-order valence-electron chi connectivity index (χ1n) is 42.0. The van der Waals surface area contributed by atoms with Gasteiger partial charge in [0.05, 0.1) is 55.1 Å². The molecule has 9 aliphatic heterocycles. The van der Waals surface area contributed by atoms with Crippen molar-refractivity contribution in [3.8, 4) is 33.4 Å². The maximum Gasteiger partial charge on any atom is 0.339 e. The van der Waals surface area contributed by atoms with E-state index in [1.807, 2.05) is 110 Å². The van der Waals surface area contributed by atoms with Gasteiger partial charge in [0, 0.05) is 207 Å². The summed E-state index contributed by atoms with van der Waals surface area (Å²) in [5.41, 5.74) is 16.5. The number of rotatable bonds is 17. The molecular formula is C93H111Cl3N8O15. The minimum atomic E-state index is -1.04. The highest BCUT2D eigenvalue weighted by atomic mass is 35.5. The van der Waals surface area contributed by atoms with E-state index in [4.69, 9.17) is 68.0 Å². The number of benzene rings is 6. The average Bonchev–Trinajstić information content (AvgIpc) is 1.60. The largest absolute Gasteiger partial charge is 0.478 e. The van der Waals surface area contributed by atoms with Crippen LogP contribution >= 0.6 is 34.8 Å². The zero-order valence-electron chi connectivity index (χ0n) is 70.5. The summed E-state index contributed by atoms with van der Waals surface area (Å²) in [7, 11) is 6.85. The van der Waals surface area contributed by atoms with Crippen LogP contribution in [0.25, 0.3) is 33.4 Å². The number of carboxylic acid groups (broad SMARTS) is 1. The highest BCUT2D eigenvalue weighted by Crippen LogP contribution is 2.54. The van der Waals surface area contributed by atoms with E-state index in [1.54, 1.807) is 14.7 Å². The number of aromatic amines is 1. The van der Waals surface area contributed by atoms with E-state index in [-0.39, 0.29) is 58.4 Å². The molecule has 0 unspecified atom stereocenters. The molecule has 3 spiro atoms. The van der Waals surface area contributed by atoms with Crippen molar-refractivity contribution in [1.82, 2.24) is 10.3 Å². The van der Waals surface area contributed by atoms with Gasteiger partial charge in [0.25, 0.3) is 11.5 Å². The van der Waals surface area contributed by atoms with E-state index in [0.29, 0.717) is 148 Å². The van der Waals surface area contributed by atoms with Crippen molar-refractivity contribution < 1.29 is 67.0 Å². The number of nitrogens with one attached hydrogen (secondary N) is 2. The average molecular weight is 1690 g/mol. The summed E-state index contributed by atoms with van der Waals surface area (Å²) in [6, 6.07) is 27.1. The van der Waals surface area contributed by atoms with Crippen LogP contribution < -0.4 is 40.3 Å². The number of H-pyrrole nitrogens is 1. The molecule has 26 heteroatoms. The van der Waals surface area contributed by atoms with E-state index in [9.17, 15) is 38.7 Å². The Balaban J connectivity index is 0.000000148. The SMILES string of the molecule is CCN(c1cc(-c2ccc3c(c2)N(C)C(=O)C32CCOCC2)c(Cl)c(C(=O)NCc2c(C)cc(C)[nH]c2=O)c1C)C1CCOCC1.CCN(c1cc(-c2ccc3c(c2)N(C)C(=O)C32CCOCC2)c(Cl)c(C(=O)O)c1C)C1CCOCC1.CCN(c1cc(-c2ccc3c(c2)N(C)C(=O)C32CCOCC2)c(Cl)c(C(=O)OC)c1C)C1CCOCC1. The number of likely N-dealkylation sites (N-methyl/N-ethyl adjacent to an activating group) is 3. The maximum atomic E-state index is 14.0. The zero-order chi connectivity index (χ0) is 84.7. The topological polar surface area (TPSA) is 252 Å². The molecule has 119 heavy (non-hydrogen) atoms. The number of aromatic nitrogens is 1. The smallest absolute Gasteiger partial charge is 0.339 e. The molecule has 1 aromatic heterocycles. The number of methoxy groups -OCH3 is 1. The third-order valence-corrected chi connectivity index (χ3v) is 28.0. The van der Waals surface area contributed by atoms with Gasteiger partial charge >= 0.3 is 11.9 Å². The van der Waals surface area contributed by atoms with Crippen LogP contribution in [0.3, 0.4) is 0 Å². The van der Waals surface area contributed by atoms with Crippen molar-refractivity contribution >= 4 is 104 Å². The van der Waals surface area contributed by atoms with Gasteiger partial charge in [0.15, 0.2) is 0 Å². The van der Waals surface area contributed by atoms with Gasteiger partial charge in [-0.15, -0.1) is 0 Å². The molecule has 6 aromatic carbocycles. The van der Waals surface area contributed by atoms with Gasteiger partial charge in [0.2, 0.25) is 17.7 Å². The van der Waals surface area contributed by atoms with Gasteiger partial charge in [-0.1, -0.05) is 71.2 Å². The monoisotopic (exact) mass is 1680 g/mol. The molecule has 10 heterocycles. The molecule has 6 fully saturated rings. The number of nitrogens with zero attached hydrogens (tertiary/aromatic N) is 6. The number of fused-ring (bicyclic) bond motifs is 6. The van der Waals surface area contributed by atoms with Crippen LogP contribution in [0.4, 0.5) is 34.1 Å². The molecule has 9 aliphatic rings. The highest BCUT2D eigenvalue weighted by Gasteiger charge is 2.53. The summed E-state index contributed by atoms with van der Waals surface area (Å²) in [5, 5.41) is 14.0. The standard InChI is InChI=1S/C36H43ClN4O5.C29H35ClN2O5.C28H33ClN2O5/c1-6-41(25-9-13-45-14-10-25)29-19-26(24-7-8-28-30(18-24)40(5)35(44)36(28)11-15-46-16-12-36)32(37)31(23(29)4)34(43)38-20-27-21(2)17-22(3)39-33(27)42;1-5-32(20-8-12-36-13-9-20)23-17-21(26(30)25(18(23)2)27(33)35-4)19-6-7-22-24(16-19)31(3)28(34)29(22)10-14-37-15-11-29;1-4-31(19-7-11-35-12-8-19)22-16-20(25(29)24(17(22)2)26(32)33)18-5-6-21-23(15-18)30(3)27(34)28(21)9-13-36-14-10-28/h7-8,17-19,25H,6,9-16,20H2,1-5H3,(H,38,43)(H,39,42);6-7,16-17,20H,5,8-15H2,1-4H3;5-6,15-16,19H,4,7-14H2,1-3H3,(H,32,33). The van der Waals surface area contributed by atoms with Crippen LogP contribution in [0.5, 0.6) is 0 Å². The molecular weight excluding hydrogens is 1580 g/mol. The number of anilines is 6. The highest BCUT2D eigenvalue weighted by molar-refractivity contribution is 6.38. The Kier molecular flexibility index (Phi) is 26.2. The molecule has 0 bridgehead atoms. The first-order chi connectivity index (χ1) is 57.2. The van der Waals surface area contributed by atoms with E-state index < -0.39 is 28.2 Å². The fourth-order valence-corrected chi connectivity index (χ4v) is 21.4. The summed E-state index contributed by atoms with van der Waals surface area (Å²) >= 11 is 20.9. The lowest BCUT2D eigenvalue weighted by atomic mass is 9.75. The van der Waals surface area contributed by atoms with Crippen molar-refractivity contribution in [3.05, 3.63) is 171 Å². The number of halogens is 3. The summed E-state index contributed by atoms with van der Waals surface area (Å²) in [5.74, 6) is -1.54. The number of aryl methyl sites for hydroxylation is 2. The van der Waals surface area contributed by atoms with Crippen LogP contribution in [0, 0.1) is 34.6 Å². The normalized spacial score (nSPS) is 18.8. The predicted octanol–water partition coefficient (Wildman–Crippen LogP) is 15.8. The lowest BCUT2D eigenvalue weighted by Crippen LogP contribution is -2.42. The number of amides is 4. The Hall–Kier alpha value is -8.88. The van der Waals surface area contributed by atoms with Crippen LogP contribution in [0.2, 0.25) is 15.1 Å². The Bertz CT molecular complexity index is 5150. The molecule has 0 radical (unpaired) electrons. The number of carbonyl (C=O) groups excluding carboxylic acids is 5. The van der Waals surface area contributed by atoms with Gasteiger partial charge in [-0.05, 0) is 231 Å². The lowest BCUT2D eigenvalue weighted by molar-refractivity contribution is -0.126. The summed E-state index contributed by atoms with van der Waals surface area (Å²) < 4.78 is 38.7. The van der Waals surface area contributed by atoms with Crippen molar-refractivity contribution in [1.29, 1.82) is 0 Å². The van der Waals surface area contributed by atoms with Gasteiger partial charge in [-0.2, -0.15) is 0 Å². The molecule has 0 atom stereocenters. The maximum absolute atomic E-state index is 14.0. The molecule has 634 valence electrons. The second kappa shape index (κ2) is 36.0. The van der Waals surface area contributed by atoms with Gasteiger partial charge in [0.1, 0.15) is 0 Å². The molecule has 6 saturated heterocycles. The van der Waals surface area contributed by atoms with Crippen LogP contribution in [0.15, 0.2) is 83.7 Å². The van der Waals surface area contributed by atoms with Crippen LogP contribution in [-0.2, 0) is 70.3 Å². The van der Waals surface area contributed by atoms with Gasteiger partial charge < -0.3 is 78.0 Å². The van der Waals surface area contributed by atoms with E-state index in [0.717, 1.165) is 172 Å². The first-order valence-corrected chi connectivity index (χ1v) is 43.2. The van der Waals surface area contributed by atoms with Gasteiger partial charge in [-0.25, -0.2) is 9.59 Å². The van der Waals surface area contributed by atoms with Crippen molar-refractivity contribution in [2.24, 2.45) is 0 Å². The fraction of sp³-hybridized carbons (Fsp3) is 0.495. The minimum absolute atomic E-state index is 0.0740. The van der Waals surface area contributed by atoms with Crippen LogP contribution in [0.1, 0.15) is 179 Å². The quantitative estimate of drug-likeness (QED) is 0.0717. The lowest BCUT2D eigenvalue weighted by Gasteiger charge is -2.37. The Labute approximate surface area is 712 Å². The van der Waals surface area contributed by atoms with Crippen molar-refractivity contribution in [2.75, 3.05) is 157 Å². The first kappa shape index (κ1) is 86.5. The fourth-order valence-electron chi connectivity index (χ4n) is 20.2. The van der Waals surface area contributed by atoms with Gasteiger partial charge in [-0.3, -0.25) is 24.0 Å². The molecule has 0 aliphatic carbocycles. The minimum Gasteiger partial charge on any atom is -0.478 e. The Morgan fingerprint density at radius 1 is 0.471 bits per heavy atom. The van der Waals surface area contributed by atoms with Crippen molar-refractivity contribution in [2.45, 2.75) is 173 Å². The number of esters is 1.